The minimum Gasteiger partial charge on any atom is -0.322 e. The maximum Gasteiger partial charge on any atom is 0.257 e. The largest absolute Gasteiger partial charge is 0.322 e. The molecule has 2 aromatic carbocycles. The summed E-state index contributed by atoms with van der Waals surface area (Å²) in [4.78, 5) is 16.7. The van der Waals surface area contributed by atoms with Crippen LogP contribution in [0.4, 0.5) is 5.69 Å². The molecule has 1 amide bonds. The fourth-order valence-corrected chi connectivity index (χ4v) is 2.60. The molecule has 0 saturated carbocycles. The van der Waals surface area contributed by atoms with Crippen LogP contribution in [0.15, 0.2) is 60.8 Å². The van der Waals surface area contributed by atoms with E-state index >= 15 is 0 Å². The van der Waals surface area contributed by atoms with Gasteiger partial charge in [-0.15, -0.1) is 0 Å². The van der Waals surface area contributed by atoms with Crippen LogP contribution in [-0.2, 0) is 0 Å². The SMILES string of the molecule is O=C(Nc1cccc(I)c1)c1cccc2cccnc12. The number of aromatic nitrogens is 1. The number of nitrogens with one attached hydrogen (secondary N) is 1. The van der Waals surface area contributed by atoms with Gasteiger partial charge < -0.3 is 5.32 Å². The van der Waals surface area contributed by atoms with E-state index in [1.165, 1.54) is 0 Å². The van der Waals surface area contributed by atoms with Gasteiger partial charge in [-0.3, -0.25) is 9.78 Å². The summed E-state index contributed by atoms with van der Waals surface area (Å²) < 4.78 is 1.08. The van der Waals surface area contributed by atoms with Crippen molar-refractivity contribution in [3.8, 4) is 0 Å². The van der Waals surface area contributed by atoms with Crippen molar-refractivity contribution < 1.29 is 4.79 Å². The molecule has 1 heterocycles. The van der Waals surface area contributed by atoms with E-state index in [4.69, 9.17) is 0 Å². The van der Waals surface area contributed by atoms with Crippen molar-refractivity contribution in [2.24, 2.45) is 0 Å². The number of amides is 1. The zero-order chi connectivity index (χ0) is 13.9. The fraction of sp³-hybridized carbons (Fsp3) is 0. The number of anilines is 1. The molecule has 0 spiro atoms. The number of benzene rings is 2. The predicted molar refractivity (Wildman–Crippen MR) is 88.9 cm³/mol. The lowest BCUT2D eigenvalue weighted by Gasteiger charge is -2.07. The van der Waals surface area contributed by atoms with E-state index in [-0.39, 0.29) is 5.91 Å². The van der Waals surface area contributed by atoms with E-state index in [1.54, 1.807) is 12.3 Å². The summed E-state index contributed by atoms with van der Waals surface area (Å²) in [6.45, 7) is 0. The Balaban J connectivity index is 1.97. The average Bonchev–Trinajstić information content (AvgIpc) is 2.46. The molecular formula is C16H11IN2O. The lowest BCUT2D eigenvalue weighted by molar-refractivity contribution is 0.102. The molecule has 0 aliphatic rings. The molecule has 0 bridgehead atoms. The van der Waals surface area contributed by atoms with E-state index in [0.717, 1.165) is 20.2 Å². The zero-order valence-corrected chi connectivity index (χ0v) is 12.7. The Hall–Kier alpha value is -1.95. The highest BCUT2D eigenvalue weighted by Gasteiger charge is 2.10. The molecule has 0 fully saturated rings. The number of nitrogens with zero attached hydrogens (tertiary/aromatic N) is 1. The molecule has 3 rings (SSSR count). The first-order valence-electron chi connectivity index (χ1n) is 6.15. The zero-order valence-electron chi connectivity index (χ0n) is 10.5. The molecule has 0 saturated heterocycles. The molecule has 98 valence electrons. The summed E-state index contributed by atoms with van der Waals surface area (Å²) in [5.74, 6) is -0.142. The standard InChI is InChI=1S/C16H11IN2O/c17-12-6-2-7-13(10-12)19-16(20)14-8-1-4-11-5-3-9-18-15(11)14/h1-10H,(H,19,20). The maximum absolute atomic E-state index is 12.4. The first-order valence-corrected chi connectivity index (χ1v) is 7.22. The van der Waals surface area contributed by atoms with Crippen molar-refractivity contribution in [3.05, 3.63) is 69.9 Å². The van der Waals surface area contributed by atoms with Crippen molar-refractivity contribution >= 4 is 45.1 Å². The first-order chi connectivity index (χ1) is 9.74. The Morgan fingerprint density at radius 1 is 1.05 bits per heavy atom. The number of hydrogen-bond donors (Lipinski definition) is 1. The van der Waals surface area contributed by atoms with Gasteiger partial charge in [-0.1, -0.05) is 24.3 Å². The topological polar surface area (TPSA) is 42.0 Å². The van der Waals surface area contributed by atoms with Gasteiger partial charge in [0, 0.05) is 20.8 Å². The minimum absolute atomic E-state index is 0.142. The third-order valence-electron chi connectivity index (χ3n) is 2.96. The number of halogens is 1. The minimum atomic E-state index is -0.142. The van der Waals surface area contributed by atoms with Crippen LogP contribution in [0.1, 0.15) is 10.4 Å². The van der Waals surface area contributed by atoms with Gasteiger partial charge in [-0.05, 0) is 52.9 Å². The average molecular weight is 374 g/mol. The molecule has 20 heavy (non-hydrogen) atoms. The van der Waals surface area contributed by atoms with Gasteiger partial charge in [0.05, 0.1) is 11.1 Å². The molecular weight excluding hydrogens is 363 g/mol. The molecule has 1 aromatic heterocycles. The number of hydrogen-bond acceptors (Lipinski definition) is 2. The molecule has 3 aromatic rings. The van der Waals surface area contributed by atoms with Gasteiger partial charge in [-0.2, -0.15) is 0 Å². The van der Waals surface area contributed by atoms with Gasteiger partial charge in [0.25, 0.3) is 5.91 Å². The number of pyridine rings is 1. The van der Waals surface area contributed by atoms with Gasteiger partial charge in [0.1, 0.15) is 0 Å². The Kier molecular flexibility index (Phi) is 3.64. The summed E-state index contributed by atoms with van der Waals surface area (Å²) in [6.07, 6.45) is 1.70. The molecule has 0 aliphatic heterocycles. The Bertz CT molecular complexity index is 781. The van der Waals surface area contributed by atoms with E-state index in [9.17, 15) is 4.79 Å². The van der Waals surface area contributed by atoms with Crippen molar-refractivity contribution in [3.63, 3.8) is 0 Å². The quantitative estimate of drug-likeness (QED) is 0.687. The Morgan fingerprint density at radius 2 is 1.85 bits per heavy atom. The predicted octanol–water partition coefficient (Wildman–Crippen LogP) is 4.09. The summed E-state index contributed by atoms with van der Waals surface area (Å²) in [6, 6.07) is 17.1. The highest BCUT2D eigenvalue weighted by Crippen LogP contribution is 2.18. The number of para-hydroxylation sites is 1. The second-order valence-electron chi connectivity index (χ2n) is 4.35. The van der Waals surface area contributed by atoms with Crippen LogP contribution < -0.4 is 5.32 Å². The van der Waals surface area contributed by atoms with Crippen molar-refractivity contribution in [1.82, 2.24) is 4.98 Å². The number of fused-ring (bicyclic) bond motifs is 1. The Labute approximate surface area is 130 Å². The third-order valence-corrected chi connectivity index (χ3v) is 3.63. The van der Waals surface area contributed by atoms with Crippen LogP contribution >= 0.6 is 22.6 Å². The first kappa shape index (κ1) is 13.1. The van der Waals surface area contributed by atoms with Crippen LogP contribution in [-0.4, -0.2) is 10.9 Å². The van der Waals surface area contributed by atoms with Gasteiger partial charge in [-0.25, -0.2) is 0 Å². The lowest BCUT2D eigenvalue weighted by atomic mass is 10.1. The molecule has 0 radical (unpaired) electrons. The van der Waals surface area contributed by atoms with Crippen molar-refractivity contribution in [1.29, 1.82) is 0 Å². The smallest absolute Gasteiger partial charge is 0.257 e. The normalized spacial score (nSPS) is 10.4. The van der Waals surface area contributed by atoms with Crippen LogP contribution in [0.3, 0.4) is 0 Å². The molecule has 1 N–H and O–H groups in total. The van der Waals surface area contributed by atoms with E-state index in [1.807, 2.05) is 48.5 Å². The molecule has 0 aliphatic carbocycles. The monoisotopic (exact) mass is 374 g/mol. The fourth-order valence-electron chi connectivity index (χ4n) is 2.05. The maximum atomic E-state index is 12.4. The number of rotatable bonds is 2. The molecule has 3 nitrogen and oxygen atoms in total. The Morgan fingerprint density at radius 3 is 2.70 bits per heavy atom. The summed E-state index contributed by atoms with van der Waals surface area (Å²) in [5.41, 5.74) is 2.09. The van der Waals surface area contributed by atoms with Gasteiger partial charge in [0.2, 0.25) is 0 Å². The summed E-state index contributed by atoms with van der Waals surface area (Å²) in [5, 5.41) is 3.87. The lowest BCUT2D eigenvalue weighted by Crippen LogP contribution is -2.12. The van der Waals surface area contributed by atoms with Crippen molar-refractivity contribution in [2.75, 3.05) is 5.32 Å². The van der Waals surface area contributed by atoms with E-state index in [0.29, 0.717) is 5.56 Å². The highest BCUT2D eigenvalue weighted by atomic mass is 127. The highest BCUT2D eigenvalue weighted by molar-refractivity contribution is 14.1. The second-order valence-corrected chi connectivity index (χ2v) is 5.59. The van der Waals surface area contributed by atoms with E-state index in [2.05, 4.69) is 32.9 Å². The molecule has 0 atom stereocenters. The number of carbonyl (C=O) groups excluding carboxylic acids is 1. The van der Waals surface area contributed by atoms with Crippen LogP contribution in [0.2, 0.25) is 0 Å². The molecule has 0 unspecified atom stereocenters. The van der Waals surface area contributed by atoms with Crippen LogP contribution in [0.5, 0.6) is 0 Å². The second kappa shape index (κ2) is 5.58. The van der Waals surface area contributed by atoms with Crippen molar-refractivity contribution in [2.45, 2.75) is 0 Å². The van der Waals surface area contributed by atoms with Gasteiger partial charge in [0.15, 0.2) is 0 Å². The molecule has 4 heteroatoms. The summed E-state index contributed by atoms with van der Waals surface area (Å²) in [7, 11) is 0. The van der Waals surface area contributed by atoms with Crippen LogP contribution in [0.25, 0.3) is 10.9 Å². The van der Waals surface area contributed by atoms with E-state index < -0.39 is 0 Å². The van der Waals surface area contributed by atoms with Crippen LogP contribution in [0, 0.1) is 3.57 Å². The van der Waals surface area contributed by atoms with Gasteiger partial charge >= 0.3 is 0 Å². The summed E-state index contributed by atoms with van der Waals surface area (Å²) >= 11 is 2.22. The third kappa shape index (κ3) is 2.65. The number of carbonyl (C=O) groups is 1.